The van der Waals surface area contributed by atoms with Crippen molar-refractivity contribution in [3.63, 3.8) is 0 Å². The van der Waals surface area contributed by atoms with Crippen LogP contribution in [0.5, 0.6) is 0 Å². The van der Waals surface area contributed by atoms with Crippen molar-refractivity contribution in [1.82, 2.24) is 4.90 Å². The first-order chi connectivity index (χ1) is 7.29. The molecule has 1 rings (SSSR count). The molecular formula is C13H25NO. The highest BCUT2D eigenvalue weighted by Crippen LogP contribution is 2.16. The molecule has 0 N–H and O–H groups in total. The highest BCUT2D eigenvalue weighted by atomic mass is 16.2. The number of carbonyl (C=O) groups is 1. The van der Waals surface area contributed by atoms with E-state index in [1.165, 1.54) is 32.1 Å². The van der Waals surface area contributed by atoms with Gasteiger partial charge in [0, 0.05) is 19.0 Å². The predicted molar refractivity (Wildman–Crippen MR) is 63.7 cm³/mol. The van der Waals surface area contributed by atoms with Crippen LogP contribution >= 0.6 is 0 Å². The molecule has 0 unspecified atom stereocenters. The van der Waals surface area contributed by atoms with Crippen LogP contribution in [0.3, 0.4) is 0 Å². The average molecular weight is 211 g/mol. The van der Waals surface area contributed by atoms with E-state index >= 15 is 0 Å². The number of nitrogens with zero attached hydrogens (tertiary/aromatic N) is 1. The normalized spacial score (nSPS) is 18.7. The van der Waals surface area contributed by atoms with Crippen LogP contribution in [0, 0.1) is 5.92 Å². The van der Waals surface area contributed by atoms with Gasteiger partial charge in [-0.05, 0) is 25.7 Å². The molecule has 0 saturated carbocycles. The second kappa shape index (κ2) is 6.86. The lowest BCUT2D eigenvalue weighted by Gasteiger charge is -2.28. The topological polar surface area (TPSA) is 20.3 Å². The van der Waals surface area contributed by atoms with Crippen LogP contribution < -0.4 is 0 Å². The summed E-state index contributed by atoms with van der Waals surface area (Å²) in [5.74, 6) is 0.673. The van der Waals surface area contributed by atoms with Crippen molar-refractivity contribution in [1.29, 1.82) is 0 Å². The van der Waals surface area contributed by atoms with Gasteiger partial charge in [0.1, 0.15) is 0 Å². The molecule has 1 heterocycles. The van der Waals surface area contributed by atoms with Crippen LogP contribution in [0.2, 0.25) is 0 Å². The van der Waals surface area contributed by atoms with Crippen molar-refractivity contribution in [3.8, 4) is 0 Å². The molecule has 0 atom stereocenters. The van der Waals surface area contributed by atoms with E-state index in [1.54, 1.807) is 0 Å². The molecule has 2 nitrogen and oxygen atoms in total. The number of hydrogen-bond acceptors (Lipinski definition) is 1. The maximum atomic E-state index is 12.2. The van der Waals surface area contributed by atoms with Crippen LogP contribution in [0.15, 0.2) is 0 Å². The molecule has 88 valence electrons. The van der Waals surface area contributed by atoms with E-state index in [0.717, 1.165) is 25.9 Å². The lowest BCUT2D eigenvalue weighted by molar-refractivity contribution is -0.136. The third-order valence-electron chi connectivity index (χ3n) is 3.50. The zero-order valence-corrected chi connectivity index (χ0v) is 10.3. The minimum absolute atomic E-state index is 0.268. The van der Waals surface area contributed by atoms with Gasteiger partial charge in [0.2, 0.25) is 5.91 Å². The molecular weight excluding hydrogens is 186 g/mol. The largest absolute Gasteiger partial charge is 0.342 e. The summed E-state index contributed by atoms with van der Waals surface area (Å²) in [4.78, 5) is 14.3. The molecule has 0 aromatic carbocycles. The Morgan fingerprint density at radius 3 is 1.93 bits per heavy atom. The van der Waals surface area contributed by atoms with Crippen LogP contribution in [-0.2, 0) is 4.79 Å². The average Bonchev–Trinajstić information content (AvgIpc) is 2.18. The molecule has 0 aromatic rings. The van der Waals surface area contributed by atoms with Gasteiger partial charge >= 0.3 is 0 Å². The van der Waals surface area contributed by atoms with Crippen LogP contribution in [0.4, 0.5) is 0 Å². The van der Waals surface area contributed by atoms with Gasteiger partial charge in [-0.2, -0.15) is 0 Å². The van der Waals surface area contributed by atoms with Crippen molar-refractivity contribution >= 4 is 5.91 Å². The monoisotopic (exact) mass is 211 g/mol. The molecule has 15 heavy (non-hydrogen) atoms. The zero-order chi connectivity index (χ0) is 11.1. The van der Waals surface area contributed by atoms with Crippen LogP contribution in [0.25, 0.3) is 0 Å². The van der Waals surface area contributed by atoms with Gasteiger partial charge in [0.25, 0.3) is 0 Å². The maximum Gasteiger partial charge on any atom is 0.225 e. The maximum absolute atomic E-state index is 12.2. The second-order valence-corrected chi connectivity index (χ2v) is 4.61. The molecule has 0 bridgehead atoms. The molecule has 0 spiro atoms. The Labute approximate surface area is 94.0 Å². The Morgan fingerprint density at radius 1 is 1.00 bits per heavy atom. The fourth-order valence-corrected chi connectivity index (χ4v) is 2.36. The molecule has 0 aliphatic carbocycles. The summed E-state index contributed by atoms with van der Waals surface area (Å²) in [5.41, 5.74) is 0. The first kappa shape index (κ1) is 12.5. The molecule has 1 saturated heterocycles. The van der Waals surface area contributed by atoms with E-state index in [1.807, 2.05) is 0 Å². The molecule has 2 heteroatoms. The second-order valence-electron chi connectivity index (χ2n) is 4.61. The van der Waals surface area contributed by atoms with Crippen molar-refractivity contribution in [3.05, 3.63) is 0 Å². The zero-order valence-electron chi connectivity index (χ0n) is 10.3. The Morgan fingerprint density at radius 2 is 1.47 bits per heavy atom. The van der Waals surface area contributed by atoms with Gasteiger partial charge in [-0.25, -0.2) is 0 Å². The molecule has 1 aliphatic heterocycles. The Hall–Kier alpha value is -0.530. The number of carbonyl (C=O) groups excluding carboxylic acids is 1. The summed E-state index contributed by atoms with van der Waals surface area (Å²) < 4.78 is 0. The van der Waals surface area contributed by atoms with E-state index in [-0.39, 0.29) is 5.92 Å². The third kappa shape index (κ3) is 3.84. The summed E-state index contributed by atoms with van der Waals surface area (Å²) in [6.45, 7) is 6.23. The summed E-state index contributed by atoms with van der Waals surface area (Å²) in [7, 11) is 0. The smallest absolute Gasteiger partial charge is 0.225 e. The molecule has 1 amide bonds. The van der Waals surface area contributed by atoms with E-state index in [4.69, 9.17) is 0 Å². The van der Waals surface area contributed by atoms with Crippen molar-refractivity contribution < 1.29 is 4.79 Å². The standard InChI is InChI=1S/C13H25NO/c1-3-12(4-2)13(15)14-10-8-6-5-7-9-11-14/h12H,3-11H2,1-2H3. The summed E-state index contributed by atoms with van der Waals surface area (Å²) in [6.07, 6.45) is 8.34. The minimum atomic E-state index is 0.268. The van der Waals surface area contributed by atoms with Crippen LogP contribution in [0.1, 0.15) is 58.8 Å². The SMILES string of the molecule is CCC(CC)C(=O)N1CCCCCCC1. The summed E-state index contributed by atoms with van der Waals surface area (Å²) in [6, 6.07) is 0. The minimum Gasteiger partial charge on any atom is -0.342 e. The van der Waals surface area contributed by atoms with E-state index < -0.39 is 0 Å². The quantitative estimate of drug-likeness (QED) is 0.702. The molecule has 1 fully saturated rings. The fourth-order valence-electron chi connectivity index (χ4n) is 2.36. The number of hydrogen-bond donors (Lipinski definition) is 0. The van der Waals surface area contributed by atoms with Gasteiger partial charge in [-0.1, -0.05) is 33.1 Å². The van der Waals surface area contributed by atoms with E-state index in [9.17, 15) is 4.79 Å². The van der Waals surface area contributed by atoms with Gasteiger partial charge in [0.15, 0.2) is 0 Å². The third-order valence-corrected chi connectivity index (χ3v) is 3.50. The number of rotatable bonds is 3. The van der Waals surface area contributed by atoms with E-state index in [2.05, 4.69) is 18.7 Å². The first-order valence-corrected chi connectivity index (χ1v) is 6.58. The van der Waals surface area contributed by atoms with Gasteiger partial charge in [-0.3, -0.25) is 4.79 Å². The fraction of sp³-hybridized carbons (Fsp3) is 0.923. The van der Waals surface area contributed by atoms with Gasteiger partial charge < -0.3 is 4.90 Å². The summed E-state index contributed by atoms with van der Waals surface area (Å²) >= 11 is 0. The van der Waals surface area contributed by atoms with Gasteiger partial charge in [-0.15, -0.1) is 0 Å². The highest BCUT2D eigenvalue weighted by molar-refractivity contribution is 5.78. The number of amides is 1. The predicted octanol–water partition coefficient (Wildman–Crippen LogP) is 3.22. The Balaban J connectivity index is 2.47. The van der Waals surface area contributed by atoms with Crippen molar-refractivity contribution in [2.45, 2.75) is 58.8 Å². The highest BCUT2D eigenvalue weighted by Gasteiger charge is 2.21. The lowest BCUT2D eigenvalue weighted by Crippen LogP contribution is -2.37. The van der Waals surface area contributed by atoms with Crippen LogP contribution in [-0.4, -0.2) is 23.9 Å². The van der Waals surface area contributed by atoms with Crippen molar-refractivity contribution in [2.24, 2.45) is 5.92 Å². The Bertz CT molecular complexity index is 179. The molecule has 1 aliphatic rings. The van der Waals surface area contributed by atoms with E-state index in [0.29, 0.717) is 5.91 Å². The first-order valence-electron chi connectivity index (χ1n) is 6.58. The van der Waals surface area contributed by atoms with Crippen molar-refractivity contribution in [2.75, 3.05) is 13.1 Å². The molecule has 0 radical (unpaired) electrons. The molecule has 0 aromatic heterocycles. The van der Waals surface area contributed by atoms with Gasteiger partial charge in [0.05, 0.1) is 0 Å². The Kier molecular flexibility index (Phi) is 5.74. The lowest BCUT2D eigenvalue weighted by atomic mass is 10.0. The summed E-state index contributed by atoms with van der Waals surface area (Å²) in [5, 5.41) is 0. The number of likely N-dealkylation sites (tertiary alicyclic amines) is 1.